The molecule has 11 N–H and O–H groups in total. The summed E-state index contributed by atoms with van der Waals surface area (Å²) in [7, 11) is 0. The van der Waals surface area contributed by atoms with E-state index >= 15 is 0 Å². The number of aliphatic hydroxyl groups excluding tert-OH is 1. The van der Waals surface area contributed by atoms with Gasteiger partial charge in [0.05, 0.1) is 18.9 Å². The number of carbonyl (C=O) groups excluding carboxylic acids is 7. The van der Waals surface area contributed by atoms with Crippen molar-refractivity contribution < 1.29 is 68.4 Å². The summed E-state index contributed by atoms with van der Waals surface area (Å²) >= 11 is 0. The molecule has 0 aliphatic rings. The maximum absolute atomic E-state index is 14.0. The molecule has 0 rings (SSSR count). The molecule has 73 heavy (non-hydrogen) atoms. The minimum atomic E-state index is -1.73. The van der Waals surface area contributed by atoms with Crippen molar-refractivity contribution in [2.75, 3.05) is 0 Å². The Labute approximate surface area is 433 Å². The second-order valence-corrected chi connectivity index (χ2v) is 22.0. The van der Waals surface area contributed by atoms with Gasteiger partial charge in [0.1, 0.15) is 36.3 Å². The van der Waals surface area contributed by atoms with E-state index in [1.165, 1.54) is 0 Å². The maximum atomic E-state index is 14.0. The number of carboxylic acids is 3. The predicted octanol–water partition coefficient (Wildman–Crippen LogP) is 4.17. The van der Waals surface area contributed by atoms with Gasteiger partial charge in [-0.15, -0.1) is 0 Å². The van der Waals surface area contributed by atoms with Crippen molar-refractivity contribution in [3.8, 4) is 0 Å². The highest BCUT2D eigenvalue weighted by Gasteiger charge is 2.36. The predicted molar refractivity (Wildman–Crippen MR) is 275 cm³/mol. The highest BCUT2D eigenvalue weighted by Crippen LogP contribution is 2.16. The van der Waals surface area contributed by atoms with Crippen LogP contribution in [0.3, 0.4) is 0 Å². The first-order valence-corrected chi connectivity index (χ1v) is 26.4. The lowest BCUT2D eigenvalue weighted by Crippen LogP contribution is -2.60. The number of nitrogens with one attached hydrogen (secondary N) is 7. The SMILES string of the molecule is CC(C)CCCCCCCC(O)CC(=O)NC(CCC(=O)O)C(=O)NC(CC(=O)NC(CC(C)C)C(=O)NC(C(=O)NC(CC(=O)O)C(=O)NC(CC(C)C)C(=O)NC(CC(C)C)C(=O)O)C(C)C)CC(C)C. The Balaban J connectivity index is 6.17. The first kappa shape index (κ1) is 67.7. The van der Waals surface area contributed by atoms with Crippen LogP contribution in [0.25, 0.3) is 0 Å². The van der Waals surface area contributed by atoms with Gasteiger partial charge in [-0.2, -0.15) is 0 Å². The van der Waals surface area contributed by atoms with Crippen molar-refractivity contribution in [1.82, 2.24) is 37.2 Å². The topological polar surface area (TPSA) is 336 Å². The van der Waals surface area contributed by atoms with Gasteiger partial charge in [0, 0.05) is 18.9 Å². The number of aliphatic carboxylic acids is 3. The molecule has 7 amide bonds. The van der Waals surface area contributed by atoms with Crippen molar-refractivity contribution in [1.29, 1.82) is 0 Å². The molecule has 0 heterocycles. The van der Waals surface area contributed by atoms with E-state index in [1.807, 2.05) is 13.8 Å². The largest absolute Gasteiger partial charge is 0.481 e. The van der Waals surface area contributed by atoms with Crippen molar-refractivity contribution in [2.24, 2.45) is 35.5 Å². The minimum absolute atomic E-state index is 0.0496. The average Bonchev–Trinajstić information content (AvgIpc) is 3.24. The smallest absolute Gasteiger partial charge is 0.326 e. The van der Waals surface area contributed by atoms with Gasteiger partial charge in [-0.1, -0.05) is 122 Å². The lowest BCUT2D eigenvalue weighted by molar-refractivity contribution is -0.143. The number of amides is 7. The summed E-state index contributed by atoms with van der Waals surface area (Å²) in [5.74, 6) is -9.99. The van der Waals surface area contributed by atoms with Crippen LogP contribution >= 0.6 is 0 Å². The Morgan fingerprint density at radius 3 is 1.29 bits per heavy atom. The first-order chi connectivity index (χ1) is 33.9. The Morgan fingerprint density at radius 2 is 0.795 bits per heavy atom. The minimum Gasteiger partial charge on any atom is -0.481 e. The van der Waals surface area contributed by atoms with Gasteiger partial charge in [-0.05, 0) is 74.0 Å². The highest BCUT2D eigenvalue weighted by atomic mass is 16.4. The molecule has 0 aromatic rings. The van der Waals surface area contributed by atoms with E-state index in [-0.39, 0.29) is 68.6 Å². The molecule has 0 aliphatic carbocycles. The van der Waals surface area contributed by atoms with E-state index in [0.717, 1.165) is 38.5 Å². The number of hydrogen-bond acceptors (Lipinski definition) is 11. The number of carbonyl (C=O) groups is 10. The van der Waals surface area contributed by atoms with Crippen LogP contribution in [0.1, 0.15) is 186 Å². The van der Waals surface area contributed by atoms with Crippen LogP contribution in [0.4, 0.5) is 0 Å². The fourth-order valence-electron chi connectivity index (χ4n) is 8.19. The highest BCUT2D eigenvalue weighted by molar-refractivity contribution is 5.97. The van der Waals surface area contributed by atoms with Crippen LogP contribution in [0, 0.1) is 35.5 Å². The summed E-state index contributed by atoms with van der Waals surface area (Å²) in [6, 6.07) is -8.98. The summed E-state index contributed by atoms with van der Waals surface area (Å²) in [6.07, 6.45) is 3.79. The summed E-state index contributed by atoms with van der Waals surface area (Å²) in [5.41, 5.74) is 0. The zero-order valence-electron chi connectivity index (χ0n) is 45.8. The number of carboxylic acid groups (broad SMARTS) is 3. The summed E-state index contributed by atoms with van der Waals surface area (Å²) in [6.45, 7) is 21.9. The van der Waals surface area contributed by atoms with Crippen molar-refractivity contribution in [2.45, 2.75) is 234 Å². The van der Waals surface area contributed by atoms with Crippen molar-refractivity contribution in [3.05, 3.63) is 0 Å². The molecule has 8 atom stereocenters. The third-order valence-electron chi connectivity index (χ3n) is 11.9. The molecule has 21 heteroatoms. The van der Waals surface area contributed by atoms with Gasteiger partial charge in [0.25, 0.3) is 0 Å². The lowest BCUT2D eigenvalue weighted by Gasteiger charge is -2.29. The van der Waals surface area contributed by atoms with E-state index in [1.54, 1.807) is 55.4 Å². The standard InChI is InChI=1S/C52H93N7O14/c1-29(2)18-16-14-13-15-17-19-36(60)27-43(62)54-37(20-21-44(63)64)47(67)53-35(22-30(3)4)26-42(61)55-38(23-31(5)6)50(70)59-46(34(11)12)51(71)57-40(28-45(65)66)49(69)56-39(24-32(7)8)48(68)58-41(52(72)73)25-33(9)10/h29-41,46,60H,13-28H2,1-12H3,(H,53,67)(H,54,62)(H,55,61)(H,56,69)(H,57,71)(H,58,68)(H,59,70)(H,63,64)(H,65,66)(H,72,73). The van der Waals surface area contributed by atoms with Gasteiger partial charge in [-0.3, -0.25) is 43.2 Å². The molecule has 0 aliphatic heterocycles. The number of hydrogen-bond donors (Lipinski definition) is 11. The zero-order chi connectivity index (χ0) is 56.1. The molecule has 0 aromatic carbocycles. The van der Waals surface area contributed by atoms with E-state index in [4.69, 9.17) is 0 Å². The van der Waals surface area contributed by atoms with Crippen molar-refractivity contribution >= 4 is 59.3 Å². The van der Waals surface area contributed by atoms with Gasteiger partial charge in [-0.25, -0.2) is 4.79 Å². The Bertz CT molecular complexity index is 1770. The monoisotopic (exact) mass is 1040 g/mol. The molecule has 0 saturated carbocycles. The fourth-order valence-corrected chi connectivity index (χ4v) is 8.19. The Morgan fingerprint density at radius 1 is 0.370 bits per heavy atom. The number of aliphatic hydroxyl groups is 1. The summed E-state index contributed by atoms with van der Waals surface area (Å²) in [5, 5.41) is 57.4. The van der Waals surface area contributed by atoms with Crippen LogP contribution in [-0.4, -0.2) is 128 Å². The molecule has 21 nitrogen and oxygen atoms in total. The first-order valence-electron chi connectivity index (χ1n) is 26.4. The van der Waals surface area contributed by atoms with Crippen molar-refractivity contribution in [3.63, 3.8) is 0 Å². The van der Waals surface area contributed by atoms with Crippen LogP contribution < -0.4 is 37.2 Å². The normalized spacial score (nSPS) is 14.9. The molecule has 0 saturated heterocycles. The number of rotatable bonds is 39. The quantitative estimate of drug-likeness (QED) is 0.0385. The van der Waals surface area contributed by atoms with Crippen LogP contribution in [0.2, 0.25) is 0 Å². The lowest BCUT2D eigenvalue weighted by atomic mass is 9.97. The average molecular weight is 1040 g/mol. The van der Waals surface area contributed by atoms with Crippen LogP contribution in [0.5, 0.6) is 0 Å². The van der Waals surface area contributed by atoms with Crippen LogP contribution in [-0.2, 0) is 47.9 Å². The van der Waals surface area contributed by atoms with Gasteiger partial charge < -0.3 is 57.6 Å². The zero-order valence-corrected chi connectivity index (χ0v) is 45.8. The molecule has 0 bridgehead atoms. The van der Waals surface area contributed by atoms with E-state index in [9.17, 15) is 68.4 Å². The Hall–Kier alpha value is -5.34. The molecule has 0 aromatic heterocycles. The Kier molecular flexibility index (Phi) is 33.1. The molecule has 420 valence electrons. The maximum Gasteiger partial charge on any atom is 0.326 e. The molecule has 8 unspecified atom stereocenters. The van der Waals surface area contributed by atoms with Gasteiger partial charge >= 0.3 is 17.9 Å². The van der Waals surface area contributed by atoms with E-state index < -0.39 is 126 Å². The molecular formula is C52H93N7O14. The van der Waals surface area contributed by atoms with E-state index in [2.05, 4.69) is 51.1 Å². The fraction of sp³-hybridized carbons (Fsp3) is 0.808. The van der Waals surface area contributed by atoms with Crippen LogP contribution in [0.15, 0.2) is 0 Å². The molecule has 0 radical (unpaired) electrons. The number of unbranched alkanes of at least 4 members (excludes halogenated alkanes) is 4. The van der Waals surface area contributed by atoms with E-state index in [0.29, 0.717) is 12.3 Å². The third kappa shape index (κ3) is 31.8. The van der Waals surface area contributed by atoms with Gasteiger partial charge in [0.15, 0.2) is 0 Å². The molecular weight excluding hydrogens is 947 g/mol. The third-order valence-corrected chi connectivity index (χ3v) is 11.9. The molecule has 0 spiro atoms. The van der Waals surface area contributed by atoms with Gasteiger partial charge in [0.2, 0.25) is 41.4 Å². The second kappa shape index (κ2) is 35.7. The molecule has 0 fully saturated rings. The second-order valence-electron chi connectivity index (χ2n) is 22.0. The summed E-state index contributed by atoms with van der Waals surface area (Å²) < 4.78 is 0. The summed E-state index contributed by atoms with van der Waals surface area (Å²) in [4.78, 5) is 131.